The highest BCUT2D eigenvalue weighted by molar-refractivity contribution is 7.87. The van der Waals surface area contributed by atoms with Gasteiger partial charge in [-0.05, 0) is 32.4 Å². The van der Waals surface area contributed by atoms with E-state index in [4.69, 9.17) is 0 Å². The molecule has 1 rings (SSSR count). The predicted octanol–water partition coefficient (Wildman–Crippen LogP) is 1.39. The highest BCUT2D eigenvalue weighted by atomic mass is 32.2. The number of carbonyl (C=O) groups excluding carboxylic acids is 1. The summed E-state index contributed by atoms with van der Waals surface area (Å²) in [5, 5.41) is 9.61. The minimum Gasteiger partial charge on any atom is -0.378 e. The van der Waals surface area contributed by atoms with E-state index >= 15 is 0 Å². The number of aliphatic hydroxyl groups is 1. The van der Waals surface area contributed by atoms with Crippen LogP contribution in [-0.4, -0.2) is 25.1 Å². The Morgan fingerprint density at radius 3 is 2.28 bits per heavy atom. The van der Waals surface area contributed by atoms with E-state index in [1.54, 1.807) is 19.1 Å². The Bertz CT molecular complexity index is 528. The summed E-state index contributed by atoms with van der Waals surface area (Å²) in [6.45, 7) is 4.57. The summed E-state index contributed by atoms with van der Waals surface area (Å²) < 4.78 is 27.9. The first-order valence-electron chi connectivity index (χ1n) is 5.47. The van der Waals surface area contributed by atoms with Gasteiger partial charge in [0.25, 0.3) is 0 Å². The molecule has 0 spiro atoms. The van der Waals surface area contributed by atoms with Gasteiger partial charge < -0.3 is 9.29 Å². The summed E-state index contributed by atoms with van der Waals surface area (Å²) in [7, 11) is -4.18. The SMILES string of the molecule is CC[C@](C)(O)C(=O)OS(=O)(=O)c1ccc(C)cc1. The molecule has 0 unspecified atom stereocenters. The van der Waals surface area contributed by atoms with Crippen molar-refractivity contribution in [2.75, 3.05) is 0 Å². The van der Waals surface area contributed by atoms with Crippen molar-refractivity contribution < 1.29 is 22.5 Å². The second kappa shape index (κ2) is 5.07. The molecule has 6 heteroatoms. The predicted molar refractivity (Wildman–Crippen MR) is 65.4 cm³/mol. The van der Waals surface area contributed by atoms with Crippen molar-refractivity contribution in [1.82, 2.24) is 0 Å². The van der Waals surface area contributed by atoms with Crippen LogP contribution in [0.4, 0.5) is 0 Å². The Labute approximate surface area is 107 Å². The molecule has 0 bridgehead atoms. The number of benzene rings is 1. The van der Waals surface area contributed by atoms with Crippen LogP contribution in [0.25, 0.3) is 0 Å². The molecule has 1 atom stereocenters. The number of carbonyl (C=O) groups is 1. The number of hydrogen-bond acceptors (Lipinski definition) is 5. The van der Waals surface area contributed by atoms with E-state index < -0.39 is 21.7 Å². The number of aryl methyl sites for hydroxylation is 1. The van der Waals surface area contributed by atoms with E-state index in [9.17, 15) is 18.3 Å². The van der Waals surface area contributed by atoms with Gasteiger partial charge in [0.1, 0.15) is 4.90 Å². The average molecular weight is 272 g/mol. The average Bonchev–Trinajstić information content (AvgIpc) is 2.29. The molecule has 0 saturated heterocycles. The van der Waals surface area contributed by atoms with Crippen molar-refractivity contribution in [2.45, 2.75) is 37.7 Å². The van der Waals surface area contributed by atoms with E-state index in [0.717, 1.165) is 5.56 Å². The number of rotatable bonds is 4. The van der Waals surface area contributed by atoms with Crippen molar-refractivity contribution in [1.29, 1.82) is 0 Å². The summed E-state index contributed by atoms with van der Waals surface area (Å²) in [4.78, 5) is 11.4. The van der Waals surface area contributed by atoms with Crippen LogP contribution in [0, 0.1) is 6.92 Å². The van der Waals surface area contributed by atoms with Crippen LogP contribution in [0.5, 0.6) is 0 Å². The third-order valence-electron chi connectivity index (χ3n) is 2.62. The fraction of sp³-hybridized carbons (Fsp3) is 0.417. The zero-order chi connectivity index (χ0) is 14.0. The normalized spacial score (nSPS) is 14.9. The summed E-state index contributed by atoms with van der Waals surface area (Å²) in [5.41, 5.74) is -0.918. The monoisotopic (exact) mass is 272 g/mol. The van der Waals surface area contributed by atoms with E-state index in [-0.39, 0.29) is 11.3 Å². The molecule has 0 fully saturated rings. The smallest absolute Gasteiger partial charge is 0.353 e. The second-order valence-electron chi connectivity index (χ2n) is 4.27. The summed E-state index contributed by atoms with van der Waals surface area (Å²) in [6, 6.07) is 5.88. The van der Waals surface area contributed by atoms with Crippen LogP contribution in [-0.2, 0) is 19.1 Å². The summed E-state index contributed by atoms with van der Waals surface area (Å²) in [5.74, 6) is -1.18. The van der Waals surface area contributed by atoms with Gasteiger partial charge in [0.15, 0.2) is 5.60 Å². The second-order valence-corrected chi connectivity index (χ2v) is 5.81. The van der Waals surface area contributed by atoms with Crippen molar-refractivity contribution in [3.05, 3.63) is 29.8 Å². The van der Waals surface area contributed by atoms with Gasteiger partial charge in [-0.3, -0.25) is 0 Å². The van der Waals surface area contributed by atoms with E-state index in [2.05, 4.69) is 4.18 Å². The van der Waals surface area contributed by atoms with Crippen molar-refractivity contribution in [2.24, 2.45) is 0 Å². The van der Waals surface area contributed by atoms with Crippen molar-refractivity contribution in [3.63, 3.8) is 0 Å². The molecular formula is C12H16O5S. The molecule has 0 aliphatic carbocycles. The van der Waals surface area contributed by atoms with E-state index in [1.807, 2.05) is 6.92 Å². The standard InChI is InChI=1S/C12H16O5S/c1-4-12(3,14)11(13)17-18(15,16)10-7-5-9(2)6-8-10/h5-8,14H,4H2,1-3H3/t12-/m0/s1. The van der Waals surface area contributed by atoms with Crippen LogP contribution < -0.4 is 0 Å². The molecule has 0 radical (unpaired) electrons. The van der Waals surface area contributed by atoms with Gasteiger partial charge in [0.2, 0.25) is 0 Å². The lowest BCUT2D eigenvalue weighted by atomic mass is 10.1. The molecule has 0 amide bonds. The Morgan fingerprint density at radius 2 is 1.83 bits per heavy atom. The zero-order valence-electron chi connectivity index (χ0n) is 10.5. The highest BCUT2D eigenvalue weighted by Gasteiger charge is 2.34. The molecule has 5 nitrogen and oxygen atoms in total. The third-order valence-corrected chi connectivity index (χ3v) is 3.84. The first kappa shape index (κ1) is 14.7. The van der Waals surface area contributed by atoms with Crippen LogP contribution >= 0.6 is 0 Å². The maximum Gasteiger partial charge on any atom is 0.353 e. The fourth-order valence-electron chi connectivity index (χ4n) is 1.09. The lowest BCUT2D eigenvalue weighted by Gasteiger charge is -2.18. The third kappa shape index (κ3) is 3.30. The molecule has 100 valence electrons. The van der Waals surface area contributed by atoms with Crippen molar-refractivity contribution in [3.8, 4) is 0 Å². The molecule has 0 aromatic heterocycles. The minimum atomic E-state index is -4.18. The van der Waals surface area contributed by atoms with Gasteiger partial charge in [-0.25, -0.2) is 4.79 Å². The molecule has 0 heterocycles. The quantitative estimate of drug-likeness (QED) is 0.838. The maximum absolute atomic E-state index is 11.8. The Balaban J connectivity index is 2.96. The van der Waals surface area contributed by atoms with E-state index in [1.165, 1.54) is 19.1 Å². The zero-order valence-corrected chi connectivity index (χ0v) is 11.3. The van der Waals surface area contributed by atoms with Gasteiger partial charge in [0.05, 0.1) is 0 Å². The lowest BCUT2D eigenvalue weighted by Crippen LogP contribution is -2.37. The Hall–Kier alpha value is -1.40. The minimum absolute atomic E-state index is 0.0647. The molecule has 18 heavy (non-hydrogen) atoms. The van der Waals surface area contributed by atoms with Gasteiger partial charge in [-0.2, -0.15) is 8.42 Å². The van der Waals surface area contributed by atoms with Crippen LogP contribution in [0.1, 0.15) is 25.8 Å². The van der Waals surface area contributed by atoms with Gasteiger partial charge >= 0.3 is 16.1 Å². The molecule has 1 aromatic carbocycles. The van der Waals surface area contributed by atoms with Crippen molar-refractivity contribution >= 4 is 16.1 Å². The van der Waals surface area contributed by atoms with Crippen LogP contribution in [0.15, 0.2) is 29.2 Å². The van der Waals surface area contributed by atoms with Crippen LogP contribution in [0.3, 0.4) is 0 Å². The largest absolute Gasteiger partial charge is 0.378 e. The first-order valence-corrected chi connectivity index (χ1v) is 6.88. The Morgan fingerprint density at radius 1 is 1.33 bits per heavy atom. The number of hydrogen-bond donors (Lipinski definition) is 1. The molecule has 1 N–H and O–H groups in total. The van der Waals surface area contributed by atoms with Gasteiger partial charge in [-0.15, -0.1) is 0 Å². The summed E-state index contributed by atoms with van der Waals surface area (Å²) in [6.07, 6.45) is 0.0647. The van der Waals surface area contributed by atoms with Gasteiger partial charge in [-0.1, -0.05) is 24.6 Å². The highest BCUT2D eigenvalue weighted by Crippen LogP contribution is 2.18. The molecule has 0 aliphatic heterocycles. The lowest BCUT2D eigenvalue weighted by molar-refractivity contribution is -0.153. The molecule has 0 aliphatic rings. The molecular weight excluding hydrogens is 256 g/mol. The fourth-order valence-corrected chi connectivity index (χ4v) is 2.03. The Kier molecular flexibility index (Phi) is 4.13. The van der Waals surface area contributed by atoms with Gasteiger partial charge in [0, 0.05) is 0 Å². The van der Waals surface area contributed by atoms with Crippen LogP contribution in [0.2, 0.25) is 0 Å². The maximum atomic E-state index is 11.8. The first-order chi connectivity index (χ1) is 8.19. The topological polar surface area (TPSA) is 80.7 Å². The van der Waals surface area contributed by atoms with E-state index in [0.29, 0.717) is 0 Å². The molecule has 1 aromatic rings. The summed E-state index contributed by atoms with van der Waals surface area (Å²) >= 11 is 0. The molecule has 0 saturated carbocycles.